The number of carbonyl (C=O) groups is 3. The summed E-state index contributed by atoms with van der Waals surface area (Å²) < 4.78 is 6.15. The van der Waals surface area contributed by atoms with E-state index in [1.165, 1.54) is 4.90 Å². The van der Waals surface area contributed by atoms with Crippen LogP contribution in [0.15, 0.2) is 76.6 Å². The molecule has 3 amide bonds. The van der Waals surface area contributed by atoms with Gasteiger partial charge in [-0.25, -0.2) is 0 Å². The van der Waals surface area contributed by atoms with Crippen molar-refractivity contribution in [1.82, 2.24) is 4.98 Å². The van der Waals surface area contributed by atoms with Crippen molar-refractivity contribution in [1.29, 1.82) is 0 Å². The van der Waals surface area contributed by atoms with Gasteiger partial charge in [0.05, 0.1) is 22.5 Å². The lowest BCUT2D eigenvalue weighted by molar-refractivity contribution is -0.123. The third-order valence-corrected chi connectivity index (χ3v) is 12.9. The highest BCUT2D eigenvalue weighted by molar-refractivity contribution is 8.00. The number of imide groups is 1. The average molecular weight is 693 g/mol. The molecule has 2 bridgehead atoms. The molecule has 7 atom stereocenters. The molecule has 4 aliphatic rings. The summed E-state index contributed by atoms with van der Waals surface area (Å²) in [5, 5.41) is 4.65. The number of thiazole rings is 1. The summed E-state index contributed by atoms with van der Waals surface area (Å²) in [5.74, 6) is -1.44. The van der Waals surface area contributed by atoms with Crippen molar-refractivity contribution >= 4 is 75.4 Å². The summed E-state index contributed by atoms with van der Waals surface area (Å²) >= 11 is 15.3. The van der Waals surface area contributed by atoms with E-state index in [0.29, 0.717) is 27.2 Å². The third kappa shape index (κ3) is 4.80. The zero-order valence-electron chi connectivity index (χ0n) is 24.4. The molecular weight excluding hydrogens is 665 g/mol. The number of ether oxygens (including phenoxy) is 1. The van der Waals surface area contributed by atoms with Crippen molar-refractivity contribution < 1.29 is 19.1 Å². The van der Waals surface area contributed by atoms with Gasteiger partial charge in [0.15, 0.2) is 6.61 Å². The first-order chi connectivity index (χ1) is 22.2. The van der Waals surface area contributed by atoms with E-state index >= 15 is 0 Å². The number of anilines is 2. The second-order valence-electron chi connectivity index (χ2n) is 12.3. The number of carbonyl (C=O) groups excluding carboxylic acids is 3. The Labute approximate surface area is 282 Å². The summed E-state index contributed by atoms with van der Waals surface area (Å²) in [6.45, 7) is 1.72. The minimum absolute atomic E-state index is 0.00347. The van der Waals surface area contributed by atoms with Crippen LogP contribution in [0.4, 0.5) is 11.4 Å². The van der Waals surface area contributed by atoms with Crippen LogP contribution in [0.1, 0.15) is 28.3 Å². The molecule has 46 heavy (non-hydrogen) atoms. The Morgan fingerprint density at radius 1 is 0.957 bits per heavy atom. The first-order valence-corrected chi connectivity index (χ1v) is 17.4. The van der Waals surface area contributed by atoms with Gasteiger partial charge in [0.25, 0.3) is 5.91 Å². The van der Waals surface area contributed by atoms with E-state index in [0.717, 1.165) is 38.8 Å². The molecule has 2 aliphatic heterocycles. The zero-order chi connectivity index (χ0) is 31.9. The first-order valence-electron chi connectivity index (χ1n) is 15.0. The molecule has 0 spiro atoms. The van der Waals surface area contributed by atoms with Crippen LogP contribution in [0.3, 0.4) is 0 Å². The number of H-pyrrole nitrogens is 1. The molecule has 2 saturated carbocycles. The number of benzene rings is 3. The molecule has 3 aromatic carbocycles. The fourth-order valence-electron chi connectivity index (χ4n) is 8.08. The maximum atomic E-state index is 14.1. The molecule has 8 rings (SSSR count). The SMILES string of the molecule is Cc1ccc(N2C(=O)[C@H]3[C@H]4C[C@@H]([C@@H]3C2=O)[C@@H]2[C@H](c3cc(Cl)ccc3OCC(=O)Nc3ccc(Cl)cc3)c3sc(=O)[nH]c3S[C@H]42)cc1. The molecule has 234 valence electrons. The van der Waals surface area contributed by atoms with E-state index < -0.39 is 11.8 Å². The lowest BCUT2D eigenvalue weighted by Crippen LogP contribution is -2.42. The largest absolute Gasteiger partial charge is 0.483 e. The Morgan fingerprint density at radius 3 is 2.39 bits per heavy atom. The molecule has 4 aromatic rings. The number of amides is 3. The highest BCUT2D eigenvalue weighted by Gasteiger charge is 2.69. The van der Waals surface area contributed by atoms with Crippen LogP contribution >= 0.6 is 46.3 Å². The molecule has 0 unspecified atom stereocenters. The summed E-state index contributed by atoms with van der Waals surface area (Å²) in [4.78, 5) is 58.6. The Morgan fingerprint density at radius 2 is 1.65 bits per heavy atom. The fourth-order valence-corrected chi connectivity index (χ4v) is 11.3. The number of nitrogens with one attached hydrogen (secondary N) is 2. The molecule has 2 N–H and O–H groups in total. The second-order valence-corrected chi connectivity index (χ2v) is 15.4. The minimum atomic E-state index is -0.436. The third-order valence-electron chi connectivity index (χ3n) is 9.81. The predicted octanol–water partition coefficient (Wildman–Crippen LogP) is 6.75. The summed E-state index contributed by atoms with van der Waals surface area (Å²) in [5.41, 5.74) is 3.01. The van der Waals surface area contributed by atoms with E-state index in [9.17, 15) is 19.2 Å². The Kier molecular flexibility index (Phi) is 7.32. The number of hydrogen-bond acceptors (Lipinski definition) is 7. The van der Waals surface area contributed by atoms with Gasteiger partial charge in [-0.3, -0.25) is 24.1 Å². The van der Waals surface area contributed by atoms with E-state index in [4.69, 9.17) is 27.9 Å². The molecule has 3 fully saturated rings. The molecule has 8 nitrogen and oxygen atoms in total. The van der Waals surface area contributed by atoms with Crippen LogP contribution in [0, 0.1) is 36.5 Å². The standard InChI is InChI=1S/C34H27Cl2N3O5S2/c1-15-2-9-19(10-3-15)39-32(41)27-21-13-22(28(27)33(39)42)29-26(21)25(30-31(45-29)38-34(43)46-30)20-12-17(36)6-11-23(20)44-14-24(40)37-18-7-4-16(35)5-8-18/h2-12,21-22,25-29H,13-14H2,1H3,(H,37,40)(H,38,43)/t21-,22-,25+,26-,27+,28+,29-/m1/s1. The quantitative estimate of drug-likeness (QED) is 0.217. The van der Waals surface area contributed by atoms with Gasteiger partial charge in [-0.15, -0.1) is 11.8 Å². The van der Waals surface area contributed by atoms with Crippen LogP contribution in [0.5, 0.6) is 5.75 Å². The smallest absolute Gasteiger partial charge is 0.305 e. The van der Waals surface area contributed by atoms with E-state index in [1.54, 1.807) is 48.2 Å². The number of aromatic nitrogens is 1. The number of nitrogens with zero attached hydrogens (tertiary/aromatic N) is 1. The van der Waals surface area contributed by atoms with Crippen LogP contribution in [0.2, 0.25) is 10.0 Å². The number of aromatic amines is 1. The maximum absolute atomic E-state index is 14.1. The minimum Gasteiger partial charge on any atom is -0.483 e. The molecule has 1 aromatic heterocycles. The highest BCUT2D eigenvalue weighted by Crippen LogP contribution is 2.69. The number of halogens is 2. The average Bonchev–Trinajstić information content (AvgIpc) is 3.77. The van der Waals surface area contributed by atoms with Crippen molar-refractivity contribution in [2.75, 3.05) is 16.8 Å². The summed E-state index contributed by atoms with van der Waals surface area (Å²) in [7, 11) is 0. The van der Waals surface area contributed by atoms with E-state index in [2.05, 4.69) is 10.3 Å². The van der Waals surface area contributed by atoms with Gasteiger partial charge in [-0.2, -0.15) is 0 Å². The van der Waals surface area contributed by atoms with Crippen molar-refractivity contribution in [2.24, 2.45) is 29.6 Å². The summed E-state index contributed by atoms with van der Waals surface area (Å²) in [6, 6.07) is 19.6. The van der Waals surface area contributed by atoms with Crippen molar-refractivity contribution in [3.63, 3.8) is 0 Å². The number of rotatable bonds is 6. The van der Waals surface area contributed by atoms with Gasteiger partial charge >= 0.3 is 4.87 Å². The molecule has 3 heterocycles. The van der Waals surface area contributed by atoms with Gasteiger partial charge in [0.1, 0.15) is 5.75 Å². The molecular formula is C34H27Cl2N3O5S2. The monoisotopic (exact) mass is 691 g/mol. The van der Waals surface area contributed by atoms with Crippen molar-refractivity contribution in [2.45, 2.75) is 29.5 Å². The van der Waals surface area contributed by atoms with Gasteiger partial charge in [0, 0.05) is 37.3 Å². The summed E-state index contributed by atoms with van der Waals surface area (Å²) in [6.07, 6.45) is 0.757. The number of fused-ring (bicyclic) bond motifs is 9. The second kappa shape index (κ2) is 11.3. The fraction of sp³-hybridized carbons (Fsp3) is 0.294. The normalized spacial score (nSPS) is 27.4. The maximum Gasteiger partial charge on any atom is 0.305 e. The van der Waals surface area contributed by atoms with Gasteiger partial charge in [0.2, 0.25) is 11.8 Å². The van der Waals surface area contributed by atoms with E-state index in [1.807, 2.05) is 37.3 Å². The van der Waals surface area contributed by atoms with Gasteiger partial charge < -0.3 is 15.0 Å². The van der Waals surface area contributed by atoms with Crippen LogP contribution in [-0.4, -0.2) is 34.6 Å². The van der Waals surface area contributed by atoms with Crippen LogP contribution in [0.25, 0.3) is 0 Å². The number of aryl methyl sites for hydroxylation is 1. The highest BCUT2D eigenvalue weighted by atomic mass is 35.5. The van der Waals surface area contributed by atoms with E-state index in [-0.39, 0.29) is 58.1 Å². The molecule has 1 saturated heterocycles. The molecule has 2 aliphatic carbocycles. The predicted molar refractivity (Wildman–Crippen MR) is 179 cm³/mol. The van der Waals surface area contributed by atoms with Crippen LogP contribution < -0.4 is 19.8 Å². The zero-order valence-corrected chi connectivity index (χ0v) is 27.5. The van der Waals surface area contributed by atoms with Crippen molar-refractivity contribution in [3.8, 4) is 5.75 Å². The van der Waals surface area contributed by atoms with Gasteiger partial charge in [-0.05, 0) is 85.7 Å². The topological polar surface area (TPSA) is 109 Å². The van der Waals surface area contributed by atoms with Crippen molar-refractivity contribution in [3.05, 3.63) is 102 Å². The number of hydrogen-bond donors (Lipinski definition) is 2. The Balaban J connectivity index is 1.14. The Bertz CT molecular complexity index is 1960. The Hall–Kier alpha value is -3.57. The lowest BCUT2D eigenvalue weighted by Gasteiger charge is -2.43. The molecule has 12 heteroatoms. The first kappa shape index (κ1) is 29.8. The van der Waals surface area contributed by atoms with Gasteiger partial charge in [-0.1, -0.05) is 52.2 Å². The number of thioether (sulfide) groups is 1. The van der Waals surface area contributed by atoms with Crippen LogP contribution in [-0.2, 0) is 14.4 Å². The lowest BCUT2D eigenvalue weighted by atomic mass is 9.68. The molecule has 0 radical (unpaired) electrons.